The number of nitrogens with two attached hydrogens (primary N) is 1. The number of nitrogens with zero attached hydrogens (tertiary/aromatic N) is 1. The quantitative estimate of drug-likeness (QED) is 0.924. The predicted molar refractivity (Wildman–Crippen MR) is 80.5 cm³/mol. The fraction of sp³-hybridized carbons (Fsp3) is 0.600. The standard InChI is InChI=1S/C15H23BrN2/c1-15(2)7-9-18(10-8-15)14(11-17)12-5-3-4-6-13(12)16/h3-6,14H,7-11,17H2,1-2H3. The van der Waals surface area contributed by atoms with Gasteiger partial charge in [0, 0.05) is 17.1 Å². The molecule has 3 heteroatoms. The summed E-state index contributed by atoms with van der Waals surface area (Å²) < 4.78 is 1.17. The molecule has 1 aromatic rings. The molecule has 0 amide bonds. The number of piperidine rings is 1. The molecular weight excluding hydrogens is 288 g/mol. The zero-order valence-corrected chi connectivity index (χ0v) is 12.9. The molecule has 1 aliphatic rings. The van der Waals surface area contributed by atoms with Crippen LogP contribution < -0.4 is 5.73 Å². The van der Waals surface area contributed by atoms with Gasteiger partial charge in [-0.2, -0.15) is 0 Å². The SMILES string of the molecule is CC1(C)CCN(C(CN)c2ccccc2Br)CC1. The van der Waals surface area contributed by atoms with E-state index in [0.717, 1.165) is 13.1 Å². The summed E-state index contributed by atoms with van der Waals surface area (Å²) in [5.74, 6) is 0. The van der Waals surface area contributed by atoms with E-state index in [-0.39, 0.29) is 0 Å². The van der Waals surface area contributed by atoms with Crippen LogP contribution in [0.2, 0.25) is 0 Å². The highest BCUT2D eigenvalue weighted by Crippen LogP contribution is 2.35. The third-order valence-electron chi connectivity index (χ3n) is 4.08. The van der Waals surface area contributed by atoms with Crippen molar-refractivity contribution in [3.05, 3.63) is 34.3 Å². The first kappa shape index (κ1) is 14.0. The summed E-state index contributed by atoms with van der Waals surface area (Å²) in [6.45, 7) is 7.70. The van der Waals surface area contributed by atoms with Gasteiger partial charge in [0.25, 0.3) is 0 Å². The average Bonchev–Trinajstić information content (AvgIpc) is 2.34. The number of likely N-dealkylation sites (tertiary alicyclic amines) is 1. The van der Waals surface area contributed by atoms with Gasteiger partial charge in [0.05, 0.1) is 0 Å². The van der Waals surface area contributed by atoms with Crippen LogP contribution >= 0.6 is 15.9 Å². The van der Waals surface area contributed by atoms with Crippen molar-refractivity contribution in [1.82, 2.24) is 4.90 Å². The van der Waals surface area contributed by atoms with E-state index in [1.807, 2.05) is 0 Å². The molecule has 0 saturated carbocycles. The Morgan fingerprint density at radius 1 is 1.28 bits per heavy atom. The Hall–Kier alpha value is -0.380. The summed E-state index contributed by atoms with van der Waals surface area (Å²) in [6.07, 6.45) is 2.52. The minimum Gasteiger partial charge on any atom is -0.329 e. The highest BCUT2D eigenvalue weighted by molar-refractivity contribution is 9.10. The molecule has 1 unspecified atom stereocenters. The van der Waals surface area contributed by atoms with E-state index in [1.54, 1.807) is 0 Å². The van der Waals surface area contributed by atoms with Gasteiger partial charge in [-0.15, -0.1) is 0 Å². The molecule has 1 aromatic carbocycles. The first-order chi connectivity index (χ1) is 8.53. The minimum absolute atomic E-state index is 0.344. The van der Waals surface area contributed by atoms with Crippen molar-refractivity contribution >= 4 is 15.9 Å². The van der Waals surface area contributed by atoms with E-state index < -0.39 is 0 Å². The lowest BCUT2D eigenvalue weighted by Gasteiger charge is -2.41. The van der Waals surface area contributed by atoms with Gasteiger partial charge < -0.3 is 5.73 Å². The summed E-state index contributed by atoms with van der Waals surface area (Å²) in [5, 5.41) is 0. The van der Waals surface area contributed by atoms with Crippen molar-refractivity contribution in [2.75, 3.05) is 19.6 Å². The van der Waals surface area contributed by atoms with Crippen molar-refractivity contribution in [2.24, 2.45) is 11.1 Å². The first-order valence-corrected chi connectivity index (χ1v) is 7.51. The van der Waals surface area contributed by atoms with E-state index >= 15 is 0 Å². The predicted octanol–water partition coefficient (Wildman–Crippen LogP) is 3.57. The Bertz CT molecular complexity index is 393. The van der Waals surface area contributed by atoms with Crippen LogP contribution in [0, 0.1) is 5.41 Å². The second-order valence-corrected chi connectivity index (χ2v) is 6.83. The highest BCUT2D eigenvalue weighted by Gasteiger charge is 2.29. The molecule has 1 atom stereocenters. The van der Waals surface area contributed by atoms with Gasteiger partial charge in [0.1, 0.15) is 0 Å². The molecule has 1 heterocycles. The average molecular weight is 311 g/mol. The molecule has 1 fully saturated rings. The molecule has 0 aromatic heterocycles. The maximum atomic E-state index is 6.01. The van der Waals surface area contributed by atoms with E-state index in [0.29, 0.717) is 18.0 Å². The van der Waals surface area contributed by atoms with E-state index in [1.165, 1.54) is 22.9 Å². The zero-order chi connectivity index (χ0) is 13.2. The molecule has 0 spiro atoms. The number of hydrogen-bond acceptors (Lipinski definition) is 2. The Morgan fingerprint density at radius 3 is 2.44 bits per heavy atom. The number of halogens is 1. The van der Waals surface area contributed by atoms with Crippen LogP contribution in [-0.4, -0.2) is 24.5 Å². The zero-order valence-electron chi connectivity index (χ0n) is 11.3. The molecule has 1 saturated heterocycles. The number of rotatable bonds is 3. The lowest BCUT2D eigenvalue weighted by atomic mass is 9.82. The molecule has 0 radical (unpaired) electrons. The van der Waals surface area contributed by atoms with E-state index in [4.69, 9.17) is 5.73 Å². The molecule has 2 rings (SSSR count). The van der Waals surface area contributed by atoms with Crippen molar-refractivity contribution in [2.45, 2.75) is 32.7 Å². The van der Waals surface area contributed by atoms with Crippen molar-refractivity contribution in [3.8, 4) is 0 Å². The van der Waals surface area contributed by atoms with E-state index in [9.17, 15) is 0 Å². The smallest absolute Gasteiger partial charge is 0.0481 e. The van der Waals surface area contributed by atoms with Crippen molar-refractivity contribution < 1.29 is 0 Å². The first-order valence-electron chi connectivity index (χ1n) is 6.72. The highest BCUT2D eigenvalue weighted by atomic mass is 79.9. The lowest BCUT2D eigenvalue weighted by Crippen LogP contribution is -2.42. The molecule has 2 N–H and O–H groups in total. The van der Waals surface area contributed by atoms with Gasteiger partial charge >= 0.3 is 0 Å². The molecule has 0 bridgehead atoms. The molecule has 18 heavy (non-hydrogen) atoms. The van der Waals surface area contributed by atoms with Crippen LogP contribution in [0.15, 0.2) is 28.7 Å². The van der Waals surface area contributed by atoms with Crippen LogP contribution in [0.25, 0.3) is 0 Å². The monoisotopic (exact) mass is 310 g/mol. The Morgan fingerprint density at radius 2 is 1.89 bits per heavy atom. The topological polar surface area (TPSA) is 29.3 Å². The molecule has 0 aliphatic carbocycles. The molecule has 1 aliphatic heterocycles. The Kier molecular flexibility index (Phi) is 4.46. The second kappa shape index (κ2) is 5.72. The van der Waals surface area contributed by atoms with Gasteiger partial charge in [-0.05, 0) is 43.0 Å². The van der Waals surface area contributed by atoms with Crippen molar-refractivity contribution in [1.29, 1.82) is 0 Å². The van der Waals surface area contributed by atoms with Crippen LogP contribution in [-0.2, 0) is 0 Å². The molecule has 2 nitrogen and oxygen atoms in total. The Balaban J connectivity index is 2.13. The summed E-state index contributed by atoms with van der Waals surface area (Å²) in [7, 11) is 0. The van der Waals surface area contributed by atoms with Gasteiger partial charge in [-0.25, -0.2) is 0 Å². The number of benzene rings is 1. The lowest BCUT2D eigenvalue weighted by molar-refractivity contribution is 0.0961. The number of hydrogen-bond donors (Lipinski definition) is 1. The summed E-state index contributed by atoms with van der Waals surface area (Å²) in [4.78, 5) is 2.53. The van der Waals surface area contributed by atoms with Gasteiger partial charge in [0.15, 0.2) is 0 Å². The Labute approximate surface area is 119 Å². The summed E-state index contributed by atoms with van der Waals surface area (Å²) in [6, 6.07) is 8.78. The normalized spacial score (nSPS) is 21.8. The molecule has 100 valence electrons. The third kappa shape index (κ3) is 3.14. The summed E-state index contributed by atoms with van der Waals surface area (Å²) in [5.41, 5.74) is 7.82. The van der Waals surface area contributed by atoms with Crippen LogP contribution in [0.5, 0.6) is 0 Å². The van der Waals surface area contributed by atoms with Gasteiger partial charge in [-0.1, -0.05) is 48.0 Å². The maximum Gasteiger partial charge on any atom is 0.0481 e. The largest absolute Gasteiger partial charge is 0.329 e. The van der Waals surface area contributed by atoms with Gasteiger partial charge in [0.2, 0.25) is 0 Å². The fourth-order valence-corrected chi connectivity index (χ4v) is 3.21. The fourth-order valence-electron chi connectivity index (χ4n) is 2.66. The molecular formula is C15H23BrN2. The van der Waals surface area contributed by atoms with Crippen LogP contribution in [0.1, 0.15) is 38.3 Å². The van der Waals surface area contributed by atoms with Crippen molar-refractivity contribution in [3.63, 3.8) is 0 Å². The van der Waals surface area contributed by atoms with Crippen LogP contribution in [0.3, 0.4) is 0 Å². The van der Waals surface area contributed by atoms with Gasteiger partial charge in [-0.3, -0.25) is 4.90 Å². The summed E-state index contributed by atoms with van der Waals surface area (Å²) >= 11 is 3.64. The minimum atomic E-state index is 0.344. The van der Waals surface area contributed by atoms with Crippen LogP contribution in [0.4, 0.5) is 0 Å². The maximum absolute atomic E-state index is 6.01. The second-order valence-electron chi connectivity index (χ2n) is 5.97. The third-order valence-corrected chi connectivity index (χ3v) is 4.80. The van der Waals surface area contributed by atoms with E-state index in [2.05, 4.69) is 58.9 Å².